The van der Waals surface area contributed by atoms with Crippen LogP contribution >= 0.6 is 11.6 Å². The van der Waals surface area contributed by atoms with Gasteiger partial charge in [-0.25, -0.2) is 0 Å². The first-order chi connectivity index (χ1) is 9.54. The van der Waals surface area contributed by atoms with Crippen LogP contribution < -0.4 is 0 Å². The second kappa shape index (κ2) is 7.40. The Morgan fingerprint density at radius 2 is 1.85 bits per heavy atom. The van der Waals surface area contributed by atoms with Crippen LogP contribution in [0.15, 0.2) is 0 Å². The molecule has 1 unspecified atom stereocenters. The molecule has 118 valence electrons. The van der Waals surface area contributed by atoms with E-state index in [9.17, 15) is 8.42 Å². The average molecular weight is 325 g/mol. The Labute approximate surface area is 127 Å². The van der Waals surface area contributed by atoms with Crippen molar-refractivity contribution in [1.29, 1.82) is 0 Å². The van der Waals surface area contributed by atoms with Crippen LogP contribution in [0.1, 0.15) is 32.6 Å². The monoisotopic (exact) mass is 324 g/mol. The molecule has 2 aliphatic heterocycles. The molecule has 0 bridgehead atoms. The molecule has 7 heteroatoms. The van der Waals surface area contributed by atoms with Gasteiger partial charge >= 0.3 is 0 Å². The standard InChI is InChI=1S/C13H25ClN2O3S/c1-12-3-2-7-16(11-12)20(17,18)15-8-4-13(5-9-15)19-10-6-14/h12-13H,2-11H2,1H3. The number of hydrogen-bond donors (Lipinski definition) is 0. The molecule has 2 rings (SSSR count). The molecule has 0 aromatic carbocycles. The largest absolute Gasteiger partial charge is 0.377 e. The van der Waals surface area contributed by atoms with Crippen molar-refractivity contribution >= 4 is 21.8 Å². The Morgan fingerprint density at radius 3 is 2.45 bits per heavy atom. The van der Waals surface area contributed by atoms with Crippen LogP contribution in [0, 0.1) is 5.92 Å². The van der Waals surface area contributed by atoms with Crippen LogP contribution in [0.3, 0.4) is 0 Å². The van der Waals surface area contributed by atoms with Crippen molar-refractivity contribution in [2.24, 2.45) is 5.92 Å². The first-order valence-corrected chi connectivity index (χ1v) is 9.40. The van der Waals surface area contributed by atoms with E-state index in [4.69, 9.17) is 16.3 Å². The lowest BCUT2D eigenvalue weighted by molar-refractivity contribution is 0.0289. The summed E-state index contributed by atoms with van der Waals surface area (Å²) in [5.41, 5.74) is 0. The summed E-state index contributed by atoms with van der Waals surface area (Å²) in [6, 6.07) is 0. The van der Waals surface area contributed by atoms with Gasteiger partial charge in [-0.15, -0.1) is 11.6 Å². The van der Waals surface area contributed by atoms with E-state index in [1.54, 1.807) is 8.61 Å². The van der Waals surface area contributed by atoms with Gasteiger partial charge < -0.3 is 4.74 Å². The van der Waals surface area contributed by atoms with Crippen molar-refractivity contribution in [3.05, 3.63) is 0 Å². The molecular weight excluding hydrogens is 300 g/mol. The van der Waals surface area contributed by atoms with Gasteiger partial charge in [-0.3, -0.25) is 0 Å². The van der Waals surface area contributed by atoms with E-state index < -0.39 is 10.2 Å². The van der Waals surface area contributed by atoms with Gasteiger partial charge in [0.2, 0.25) is 0 Å². The van der Waals surface area contributed by atoms with Gasteiger partial charge in [0.1, 0.15) is 0 Å². The Hall–Kier alpha value is 0.120. The highest BCUT2D eigenvalue weighted by atomic mass is 35.5. The van der Waals surface area contributed by atoms with Gasteiger partial charge in [-0.05, 0) is 31.6 Å². The summed E-state index contributed by atoms with van der Waals surface area (Å²) in [6.07, 6.45) is 3.77. The molecule has 0 N–H and O–H groups in total. The third kappa shape index (κ3) is 4.07. The molecule has 0 spiro atoms. The lowest BCUT2D eigenvalue weighted by Gasteiger charge is -2.37. The Kier molecular flexibility index (Phi) is 6.10. The van der Waals surface area contributed by atoms with E-state index in [1.165, 1.54) is 0 Å². The molecule has 0 aromatic heterocycles. The molecule has 0 aliphatic carbocycles. The van der Waals surface area contributed by atoms with Crippen molar-refractivity contribution < 1.29 is 13.2 Å². The third-order valence-corrected chi connectivity index (χ3v) is 6.26. The van der Waals surface area contributed by atoms with Crippen LogP contribution in [-0.4, -0.2) is 61.8 Å². The van der Waals surface area contributed by atoms with Gasteiger partial charge in [0, 0.05) is 32.1 Å². The highest BCUT2D eigenvalue weighted by Gasteiger charge is 2.34. The van der Waals surface area contributed by atoms with Crippen molar-refractivity contribution in [3.63, 3.8) is 0 Å². The molecule has 2 heterocycles. The van der Waals surface area contributed by atoms with Gasteiger partial charge in [0.15, 0.2) is 0 Å². The lowest BCUT2D eigenvalue weighted by atomic mass is 10.0. The van der Waals surface area contributed by atoms with Crippen molar-refractivity contribution in [2.75, 3.05) is 38.7 Å². The predicted octanol–water partition coefficient (Wildman–Crippen LogP) is 1.68. The summed E-state index contributed by atoms with van der Waals surface area (Å²) in [6.45, 7) is 5.09. The first-order valence-electron chi connectivity index (χ1n) is 7.47. The highest BCUT2D eigenvalue weighted by Crippen LogP contribution is 2.23. The number of nitrogens with zero attached hydrogens (tertiary/aromatic N) is 2. The molecule has 0 amide bonds. The molecule has 0 radical (unpaired) electrons. The fourth-order valence-corrected chi connectivity index (χ4v) is 4.85. The molecular formula is C13H25ClN2O3S. The van der Waals surface area contributed by atoms with Gasteiger partial charge in [-0.2, -0.15) is 17.0 Å². The topological polar surface area (TPSA) is 49.9 Å². The third-order valence-electron chi connectivity index (χ3n) is 4.10. The molecule has 20 heavy (non-hydrogen) atoms. The minimum absolute atomic E-state index is 0.153. The van der Waals surface area contributed by atoms with E-state index >= 15 is 0 Å². The summed E-state index contributed by atoms with van der Waals surface area (Å²) in [5.74, 6) is 0.951. The number of piperidine rings is 2. The number of halogens is 1. The van der Waals surface area contributed by atoms with E-state index in [-0.39, 0.29) is 6.10 Å². The lowest BCUT2D eigenvalue weighted by Crippen LogP contribution is -2.50. The highest BCUT2D eigenvalue weighted by molar-refractivity contribution is 7.86. The van der Waals surface area contributed by atoms with Crippen LogP contribution in [-0.2, 0) is 14.9 Å². The van der Waals surface area contributed by atoms with E-state index in [0.717, 1.165) is 25.7 Å². The Morgan fingerprint density at radius 1 is 1.15 bits per heavy atom. The van der Waals surface area contributed by atoms with Gasteiger partial charge in [0.25, 0.3) is 10.2 Å². The predicted molar refractivity (Wildman–Crippen MR) is 80.2 cm³/mol. The van der Waals surface area contributed by atoms with Gasteiger partial charge in [-0.1, -0.05) is 6.92 Å². The van der Waals surface area contributed by atoms with Crippen molar-refractivity contribution in [3.8, 4) is 0 Å². The van der Waals surface area contributed by atoms with E-state index in [0.29, 0.717) is 44.6 Å². The summed E-state index contributed by atoms with van der Waals surface area (Å²) in [7, 11) is -3.28. The fraction of sp³-hybridized carbons (Fsp3) is 1.00. The molecule has 2 aliphatic rings. The molecule has 0 saturated carbocycles. The summed E-state index contributed by atoms with van der Waals surface area (Å²) < 4.78 is 34.1. The number of alkyl halides is 1. The Balaban J connectivity index is 1.88. The van der Waals surface area contributed by atoms with Crippen molar-refractivity contribution in [1.82, 2.24) is 8.61 Å². The van der Waals surface area contributed by atoms with Crippen LogP contribution in [0.2, 0.25) is 0 Å². The Bertz CT molecular complexity index is 396. The molecule has 2 fully saturated rings. The maximum Gasteiger partial charge on any atom is 0.281 e. The molecule has 2 saturated heterocycles. The van der Waals surface area contributed by atoms with Crippen LogP contribution in [0.25, 0.3) is 0 Å². The normalized spacial score (nSPS) is 27.8. The molecule has 5 nitrogen and oxygen atoms in total. The number of hydrogen-bond acceptors (Lipinski definition) is 3. The SMILES string of the molecule is CC1CCCN(S(=O)(=O)N2CCC(OCCCl)CC2)C1. The summed E-state index contributed by atoms with van der Waals surface area (Å²) in [5, 5.41) is 0. The zero-order valence-corrected chi connectivity index (χ0v) is 13.7. The number of ether oxygens (including phenoxy) is 1. The first kappa shape index (κ1) is 16.5. The maximum absolute atomic E-state index is 12.6. The summed E-state index contributed by atoms with van der Waals surface area (Å²) >= 11 is 5.60. The quantitative estimate of drug-likeness (QED) is 0.723. The van der Waals surface area contributed by atoms with Crippen molar-refractivity contribution in [2.45, 2.75) is 38.7 Å². The number of rotatable bonds is 5. The van der Waals surface area contributed by atoms with Gasteiger partial charge in [0.05, 0.1) is 12.7 Å². The summed E-state index contributed by atoms with van der Waals surface area (Å²) in [4.78, 5) is 0. The second-order valence-electron chi connectivity index (χ2n) is 5.77. The van der Waals surface area contributed by atoms with E-state index in [2.05, 4.69) is 6.92 Å². The van der Waals surface area contributed by atoms with Crippen LogP contribution in [0.4, 0.5) is 0 Å². The fourth-order valence-electron chi connectivity index (χ4n) is 2.96. The zero-order valence-electron chi connectivity index (χ0n) is 12.1. The molecule has 1 atom stereocenters. The minimum Gasteiger partial charge on any atom is -0.377 e. The minimum atomic E-state index is -3.28. The smallest absolute Gasteiger partial charge is 0.281 e. The second-order valence-corrected chi connectivity index (χ2v) is 8.08. The van der Waals surface area contributed by atoms with E-state index in [1.807, 2.05) is 0 Å². The zero-order chi connectivity index (χ0) is 14.6. The maximum atomic E-state index is 12.6. The average Bonchev–Trinajstić information content (AvgIpc) is 2.45. The molecule has 0 aromatic rings. The van der Waals surface area contributed by atoms with Crippen LogP contribution in [0.5, 0.6) is 0 Å².